The number of nitrogens with one attached hydrogen (secondary N) is 2. The molecule has 1 aliphatic rings. The number of aromatic nitrogens is 1. The molecule has 1 aromatic heterocycles. The molecule has 0 bridgehead atoms. The number of benzene rings is 1. The Labute approximate surface area is 147 Å². The van der Waals surface area contributed by atoms with Gasteiger partial charge in [-0.15, -0.1) is 23.7 Å². The zero-order chi connectivity index (χ0) is 15.5. The highest BCUT2D eigenvalue weighted by Gasteiger charge is 2.15. The first-order chi connectivity index (χ1) is 10.7. The average molecular weight is 352 g/mol. The van der Waals surface area contributed by atoms with E-state index in [2.05, 4.69) is 33.8 Å². The Balaban J connectivity index is 0.00000192. The van der Waals surface area contributed by atoms with Crippen molar-refractivity contribution in [2.45, 2.75) is 26.2 Å². The molecule has 124 valence electrons. The highest BCUT2D eigenvalue weighted by atomic mass is 35.5. The fraction of sp³-hybridized carbons (Fsp3) is 0.412. The van der Waals surface area contributed by atoms with E-state index in [1.54, 1.807) is 0 Å². The highest BCUT2D eigenvalue weighted by molar-refractivity contribution is 7.14. The fourth-order valence-corrected chi connectivity index (χ4v) is 3.54. The topological polar surface area (TPSA) is 54.0 Å². The van der Waals surface area contributed by atoms with Crippen molar-refractivity contribution < 1.29 is 4.79 Å². The van der Waals surface area contributed by atoms with Gasteiger partial charge in [0.1, 0.15) is 0 Å². The molecule has 0 spiro atoms. The smallest absolute Gasteiger partial charge is 0.230 e. The van der Waals surface area contributed by atoms with E-state index >= 15 is 0 Å². The summed E-state index contributed by atoms with van der Waals surface area (Å²) in [6.45, 7) is 2.57. The predicted octanol–water partition coefficient (Wildman–Crippen LogP) is 3.51. The summed E-state index contributed by atoms with van der Waals surface area (Å²) in [6.07, 6.45) is 3.61. The first-order valence-electron chi connectivity index (χ1n) is 7.70. The molecule has 6 heteroatoms. The Morgan fingerprint density at radius 3 is 2.91 bits per heavy atom. The number of anilines is 1. The van der Waals surface area contributed by atoms with E-state index in [1.165, 1.54) is 41.7 Å². The number of amides is 1. The normalized spacial score (nSPS) is 14.0. The average Bonchev–Trinajstić information content (AvgIpc) is 3.15. The van der Waals surface area contributed by atoms with E-state index in [1.807, 2.05) is 19.4 Å². The molecule has 0 fully saturated rings. The van der Waals surface area contributed by atoms with Gasteiger partial charge < -0.3 is 10.6 Å². The van der Waals surface area contributed by atoms with Gasteiger partial charge in [0.05, 0.1) is 5.69 Å². The molecular weight excluding hydrogens is 330 g/mol. The van der Waals surface area contributed by atoms with Crippen LogP contribution < -0.4 is 10.6 Å². The van der Waals surface area contributed by atoms with Gasteiger partial charge in [-0.05, 0) is 43.5 Å². The summed E-state index contributed by atoms with van der Waals surface area (Å²) in [6, 6.07) is 6.59. The van der Waals surface area contributed by atoms with E-state index in [4.69, 9.17) is 0 Å². The molecule has 23 heavy (non-hydrogen) atoms. The molecule has 1 atom stereocenters. The molecule has 0 saturated carbocycles. The van der Waals surface area contributed by atoms with Crippen molar-refractivity contribution >= 4 is 34.8 Å². The molecular formula is C17H22ClN3OS. The van der Waals surface area contributed by atoms with Gasteiger partial charge in [0.2, 0.25) is 5.91 Å². The molecule has 1 heterocycles. The Hall–Kier alpha value is -1.43. The van der Waals surface area contributed by atoms with Gasteiger partial charge >= 0.3 is 0 Å². The van der Waals surface area contributed by atoms with Crippen LogP contribution in [-0.4, -0.2) is 24.5 Å². The monoisotopic (exact) mass is 351 g/mol. The summed E-state index contributed by atoms with van der Waals surface area (Å²) in [4.78, 5) is 16.6. The molecule has 0 aliphatic heterocycles. The van der Waals surface area contributed by atoms with Gasteiger partial charge in [-0.2, -0.15) is 0 Å². The Bertz CT molecular complexity index is 686. The quantitative estimate of drug-likeness (QED) is 0.866. The van der Waals surface area contributed by atoms with Gasteiger partial charge in [-0.3, -0.25) is 4.79 Å². The van der Waals surface area contributed by atoms with E-state index in [0.29, 0.717) is 11.7 Å². The second-order valence-electron chi connectivity index (χ2n) is 5.82. The number of thiazole rings is 1. The Kier molecular flexibility index (Phi) is 6.16. The third-order valence-corrected chi connectivity index (χ3v) is 4.84. The minimum atomic E-state index is -0.0719. The van der Waals surface area contributed by atoms with E-state index in [9.17, 15) is 4.79 Å². The lowest BCUT2D eigenvalue weighted by molar-refractivity contribution is -0.119. The number of hydrogen-bond acceptors (Lipinski definition) is 4. The first-order valence-corrected chi connectivity index (χ1v) is 8.58. The minimum absolute atomic E-state index is 0. The van der Waals surface area contributed by atoms with Gasteiger partial charge in [0.15, 0.2) is 5.13 Å². The molecule has 1 unspecified atom stereocenters. The Morgan fingerprint density at radius 2 is 2.13 bits per heavy atom. The van der Waals surface area contributed by atoms with E-state index in [-0.39, 0.29) is 24.2 Å². The van der Waals surface area contributed by atoms with Crippen LogP contribution in [0.1, 0.15) is 24.5 Å². The predicted molar refractivity (Wildman–Crippen MR) is 98.5 cm³/mol. The number of carbonyl (C=O) groups is 1. The maximum atomic E-state index is 12.0. The zero-order valence-electron chi connectivity index (χ0n) is 13.4. The summed E-state index contributed by atoms with van der Waals surface area (Å²) in [7, 11) is 1.85. The van der Waals surface area contributed by atoms with Crippen LogP contribution in [0.25, 0.3) is 11.3 Å². The molecule has 2 aromatic rings. The van der Waals surface area contributed by atoms with Crippen molar-refractivity contribution in [1.82, 2.24) is 10.3 Å². The van der Waals surface area contributed by atoms with Crippen molar-refractivity contribution in [3.05, 3.63) is 34.7 Å². The maximum absolute atomic E-state index is 12.0. The molecule has 4 nitrogen and oxygen atoms in total. The minimum Gasteiger partial charge on any atom is -0.319 e. The standard InChI is InChI=1S/C17H21N3OS.ClH/c1-11(9-18-2)16(21)20-17-19-15(10-22-17)14-7-6-12-4-3-5-13(12)8-14;/h6-8,10-11,18H,3-5,9H2,1-2H3,(H,19,20,21);1H. The lowest BCUT2D eigenvalue weighted by Crippen LogP contribution is -2.28. The molecule has 2 N–H and O–H groups in total. The molecule has 0 radical (unpaired) electrons. The number of rotatable bonds is 5. The van der Waals surface area contributed by atoms with Crippen LogP contribution >= 0.6 is 23.7 Å². The van der Waals surface area contributed by atoms with Crippen LogP contribution in [0.4, 0.5) is 5.13 Å². The van der Waals surface area contributed by atoms with Crippen LogP contribution in [0.5, 0.6) is 0 Å². The van der Waals surface area contributed by atoms with Gasteiger partial charge in [0, 0.05) is 23.4 Å². The first kappa shape index (κ1) is 17.9. The lowest BCUT2D eigenvalue weighted by Gasteiger charge is -2.09. The molecule has 1 aliphatic carbocycles. The molecule has 1 aromatic carbocycles. The summed E-state index contributed by atoms with van der Waals surface area (Å²) < 4.78 is 0. The third kappa shape index (κ3) is 4.10. The van der Waals surface area contributed by atoms with Gasteiger partial charge in [-0.25, -0.2) is 4.98 Å². The van der Waals surface area contributed by atoms with Crippen LogP contribution in [0, 0.1) is 5.92 Å². The van der Waals surface area contributed by atoms with Crippen molar-refractivity contribution in [3.63, 3.8) is 0 Å². The van der Waals surface area contributed by atoms with Crippen LogP contribution in [0.15, 0.2) is 23.6 Å². The SMILES string of the molecule is CNCC(C)C(=O)Nc1nc(-c2ccc3c(c2)CCC3)cs1.Cl. The van der Waals surface area contributed by atoms with Crippen molar-refractivity contribution in [2.75, 3.05) is 18.9 Å². The molecule has 1 amide bonds. The van der Waals surface area contributed by atoms with Crippen LogP contribution in [0.2, 0.25) is 0 Å². The van der Waals surface area contributed by atoms with E-state index in [0.717, 1.165) is 11.3 Å². The zero-order valence-corrected chi connectivity index (χ0v) is 15.0. The second kappa shape index (κ2) is 7.90. The number of hydrogen-bond donors (Lipinski definition) is 2. The summed E-state index contributed by atoms with van der Waals surface area (Å²) in [5.74, 6) is -0.0680. The maximum Gasteiger partial charge on any atom is 0.230 e. The highest BCUT2D eigenvalue weighted by Crippen LogP contribution is 2.30. The number of aryl methyl sites for hydroxylation is 2. The summed E-state index contributed by atoms with van der Waals surface area (Å²) in [5.41, 5.74) is 4.99. The summed E-state index contributed by atoms with van der Waals surface area (Å²) in [5, 5.41) is 8.59. The largest absolute Gasteiger partial charge is 0.319 e. The van der Waals surface area contributed by atoms with Crippen LogP contribution in [-0.2, 0) is 17.6 Å². The fourth-order valence-electron chi connectivity index (χ4n) is 2.82. The van der Waals surface area contributed by atoms with Crippen molar-refractivity contribution in [2.24, 2.45) is 5.92 Å². The molecule has 3 rings (SSSR count). The number of carbonyl (C=O) groups excluding carboxylic acids is 1. The third-order valence-electron chi connectivity index (χ3n) is 4.09. The van der Waals surface area contributed by atoms with Crippen LogP contribution in [0.3, 0.4) is 0 Å². The summed E-state index contributed by atoms with van der Waals surface area (Å²) >= 11 is 1.48. The lowest BCUT2D eigenvalue weighted by atomic mass is 10.1. The second-order valence-corrected chi connectivity index (χ2v) is 6.68. The number of halogens is 1. The number of nitrogens with zero attached hydrogens (tertiary/aromatic N) is 1. The van der Waals surface area contributed by atoms with Crippen molar-refractivity contribution in [3.8, 4) is 11.3 Å². The van der Waals surface area contributed by atoms with Gasteiger partial charge in [-0.1, -0.05) is 19.1 Å². The van der Waals surface area contributed by atoms with Crippen molar-refractivity contribution in [1.29, 1.82) is 0 Å². The van der Waals surface area contributed by atoms with Gasteiger partial charge in [0.25, 0.3) is 0 Å². The van der Waals surface area contributed by atoms with E-state index < -0.39 is 0 Å². The Morgan fingerprint density at radius 1 is 1.35 bits per heavy atom. The number of fused-ring (bicyclic) bond motifs is 1. The molecule has 0 saturated heterocycles.